The Morgan fingerprint density at radius 2 is 2.10 bits per heavy atom. The third kappa shape index (κ3) is 4.42. The van der Waals surface area contributed by atoms with Crippen LogP contribution in [-0.4, -0.2) is 20.5 Å². The third-order valence-electron chi connectivity index (χ3n) is 3.78. The van der Waals surface area contributed by atoms with Gasteiger partial charge >= 0.3 is 0 Å². The van der Waals surface area contributed by atoms with Crippen molar-refractivity contribution in [3.05, 3.63) is 28.8 Å². The van der Waals surface area contributed by atoms with Crippen LogP contribution in [-0.2, 0) is 16.6 Å². The number of benzene rings is 1. The van der Waals surface area contributed by atoms with E-state index < -0.39 is 10.0 Å². The first-order valence-corrected chi connectivity index (χ1v) is 9.23. The molecule has 1 aromatic rings. The predicted octanol–water partition coefficient (Wildman–Crippen LogP) is 2.91. The normalized spacial score (nSPS) is 21.8. The van der Waals surface area contributed by atoms with Crippen LogP contribution in [0.3, 0.4) is 0 Å². The van der Waals surface area contributed by atoms with E-state index in [2.05, 4.69) is 17.0 Å². The molecular weight excluding hydrogens is 308 g/mol. The van der Waals surface area contributed by atoms with Crippen molar-refractivity contribution in [2.24, 2.45) is 5.92 Å². The predicted molar refractivity (Wildman–Crippen MR) is 85.9 cm³/mol. The summed E-state index contributed by atoms with van der Waals surface area (Å²) in [5.41, 5.74) is 0.802. The maximum absolute atomic E-state index is 12.4. The van der Waals surface area contributed by atoms with E-state index in [4.69, 9.17) is 11.6 Å². The van der Waals surface area contributed by atoms with Gasteiger partial charge < -0.3 is 5.32 Å². The fourth-order valence-corrected chi connectivity index (χ4v) is 3.83. The molecule has 1 aromatic carbocycles. The van der Waals surface area contributed by atoms with Gasteiger partial charge in [0.2, 0.25) is 10.0 Å². The standard InChI is InChI=1S/C15H23ClN2O2S/c1-4-11-8-15(11)18-21(19,20)13-5-6-14(16)12(7-13)9-17-10(2)3/h5-7,10-11,15,17-18H,4,8-9H2,1-3H3. The molecule has 1 fully saturated rings. The molecule has 1 aliphatic carbocycles. The quantitative estimate of drug-likeness (QED) is 0.808. The second-order valence-corrected chi connectivity index (χ2v) is 8.04. The van der Waals surface area contributed by atoms with E-state index in [0.29, 0.717) is 23.5 Å². The Kier molecular flexibility index (Phi) is 5.30. The van der Waals surface area contributed by atoms with Gasteiger partial charge in [0.05, 0.1) is 4.90 Å². The van der Waals surface area contributed by atoms with E-state index in [0.717, 1.165) is 18.4 Å². The van der Waals surface area contributed by atoms with Gasteiger partial charge in [-0.1, -0.05) is 38.8 Å². The van der Waals surface area contributed by atoms with Crippen molar-refractivity contribution in [3.8, 4) is 0 Å². The molecule has 118 valence electrons. The van der Waals surface area contributed by atoms with Crippen LogP contribution in [0.2, 0.25) is 5.02 Å². The first-order chi connectivity index (χ1) is 9.83. The lowest BCUT2D eigenvalue weighted by Crippen LogP contribution is -2.27. The molecule has 2 N–H and O–H groups in total. The lowest BCUT2D eigenvalue weighted by molar-refractivity contribution is 0.574. The zero-order valence-corrected chi connectivity index (χ0v) is 14.3. The molecule has 21 heavy (non-hydrogen) atoms. The molecule has 0 amide bonds. The van der Waals surface area contributed by atoms with Crippen molar-refractivity contribution in [2.75, 3.05) is 0 Å². The Bertz CT molecular complexity index is 602. The first-order valence-electron chi connectivity index (χ1n) is 7.37. The number of nitrogens with one attached hydrogen (secondary N) is 2. The molecule has 1 aliphatic rings. The lowest BCUT2D eigenvalue weighted by atomic mass is 10.2. The van der Waals surface area contributed by atoms with Crippen molar-refractivity contribution in [1.82, 2.24) is 10.0 Å². The number of sulfonamides is 1. The van der Waals surface area contributed by atoms with Gasteiger partial charge in [0.25, 0.3) is 0 Å². The van der Waals surface area contributed by atoms with Gasteiger partial charge in [0.15, 0.2) is 0 Å². The van der Waals surface area contributed by atoms with Gasteiger partial charge in [-0.15, -0.1) is 0 Å². The molecule has 0 aliphatic heterocycles. The highest BCUT2D eigenvalue weighted by Gasteiger charge is 2.38. The highest BCUT2D eigenvalue weighted by atomic mass is 35.5. The molecule has 0 aromatic heterocycles. The second kappa shape index (κ2) is 6.65. The van der Waals surface area contributed by atoms with Crippen molar-refractivity contribution in [2.45, 2.75) is 57.1 Å². The highest BCUT2D eigenvalue weighted by Crippen LogP contribution is 2.34. The topological polar surface area (TPSA) is 58.2 Å². The van der Waals surface area contributed by atoms with Crippen LogP contribution < -0.4 is 10.0 Å². The molecule has 0 bridgehead atoms. The minimum absolute atomic E-state index is 0.0907. The van der Waals surface area contributed by atoms with Crippen LogP contribution in [0.1, 0.15) is 39.2 Å². The van der Waals surface area contributed by atoms with Gasteiger partial charge in [-0.25, -0.2) is 13.1 Å². The van der Waals surface area contributed by atoms with Crippen LogP contribution >= 0.6 is 11.6 Å². The van der Waals surface area contributed by atoms with Crippen LogP contribution in [0.15, 0.2) is 23.1 Å². The molecular formula is C15H23ClN2O2S. The molecule has 0 spiro atoms. The van der Waals surface area contributed by atoms with E-state index >= 15 is 0 Å². The smallest absolute Gasteiger partial charge is 0.240 e. The summed E-state index contributed by atoms with van der Waals surface area (Å²) in [4.78, 5) is 0.286. The van der Waals surface area contributed by atoms with Crippen LogP contribution in [0.5, 0.6) is 0 Å². The zero-order valence-electron chi connectivity index (χ0n) is 12.7. The van der Waals surface area contributed by atoms with Crippen LogP contribution in [0.25, 0.3) is 0 Å². The Morgan fingerprint density at radius 1 is 1.38 bits per heavy atom. The zero-order chi connectivity index (χ0) is 15.6. The van der Waals surface area contributed by atoms with Crippen LogP contribution in [0, 0.1) is 5.92 Å². The Morgan fingerprint density at radius 3 is 2.67 bits per heavy atom. The van der Waals surface area contributed by atoms with E-state index in [1.807, 2.05) is 13.8 Å². The van der Waals surface area contributed by atoms with E-state index in [1.165, 1.54) is 0 Å². The van der Waals surface area contributed by atoms with Crippen molar-refractivity contribution >= 4 is 21.6 Å². The third-order valence-corrected chi connectivity index (χ3v) is 5.64. The summed E-state index contributed by atoms with van der Waals surface area (Å²) in [5.74, 6) is 0.481. The first kappa shape index (κ1) is 16.7. The maximum atomic E-state index is 12.4. The fraction of sp³-hybridized carbons (Fsp3) is 0.600. The van der Waals surface area contributed by atoms with Crippen molar-refractivity contribution < 1.29 is 8.42 Å². The van der Waals surface area contributed by atoms with Gasteiger partial charge in [-0.2, -0.15) is 0 Å². The van der Waals surface area contributed by atoms with E-state index in [1.54, 1.807) is 18.2 Å². The SMILES string of the molecule is CCC1CC1NS(=O)(=O)c1ccc(Cl)c(CNC(C)C)c1. The number of rotatable bonds is 7. The summed E-state index contributed by atoms with van der Waals surface area (Å²) in [6, 6.07) is 5.28. The van der Waals surface area contributed by atoms with Gasteiger partial charge in [0, 0.05) is 23.7 Å². The van der Waals surface area contributed by atoms with Gasteiger partial charge in [-0.3, -0.25) is 0 Å². The fourth-order valence-electron chi connectivity index (χ4n) is 2.28. The molecule has 0 radical (unpaired) electrons. The Labute approximate surface area is 132 Å². The molecule has 0 saturated heterocycles. The average molecular weight is 331 g/mol. The van der Waals surface area contributed by atoms with E-state index in [9.17, 15) is 8.42 Å². The summed E-state index contributed by atoms with van der Waals surface area (Å²) in [7, 11) is -3.45. The summed E-state index contributed by atoms with van der Waals surface area (Å²) in [6.07, 6.45) is 1.95. The molecule has 6 heteroatoms. The largest absolute Gasteiger partial charge is 0.310 e. The Balaban J connectivity index is 2.13. The van der Waals surface area contributed by atoms with Gasteiger partial charge in [-0.05, 0) is 36.1 Å². The molecule has 1 saturated carbocycles. The average Bonchev–Trinajstić information content (AvgIpc) is 3.14. The Hall–Kier alpha value is -0.620. The number of halogens is 1. The summed E-state index contributed by atoms with van der Waals surface area (Å²) < 4.78 is 27.5. The van der Waals surface area contributed by atoms with Gasteiger partial charge in [0.1, 0.15) is 0 Å². The molecule has 2 atom stereocenters. The minimum atomic E-state index is -3.45. The summed E-state index contributed by atoms with van der Waals surface area (Å²) >= 11 is 6.14. The minimum Gasteiger partial charge on any atom is -0.310 e. The number of hydrogen-bond donors (Lipinski definition) is 2. The van der Waals surface area contributed by atoms with Crippen molar-refractivity contribution in [3.63, 3.8) is 0 Å². The lowest BCUT2D eigenvalue weighted by Gasteiger charge is -2.12. The van der Waals surface area contributed by atoms with Crippen LogP contribution in [0.4, 0.5) is 0 Å². The maximum Gasteiger partial charge on any atom is 0.240 e. The molecule has 0 heterocycles. The molecule has 4 nitrogen and oxygen atoms in total. The monoisotopic (exact) mass is 330 g/mol. The second-order valence-electron chi connectivity index (χ2n) is 5.92. The summed E-state index contributed by atoms with van der Waals surface area (Å²) in [6.45, 7) is 6.71. The molecule has 2 rings (SSSR count). The van der Waals surface area contributed by atoms with Crippen molar-refractivity contribution in [1.29, 1.82) is 0 Å². The van der Waals surface area contributed by atoms with E-state index in [-0.39, 0.29) is 10.9 Å². The molecule has 2 unspecified atom stereocenters. The number of hydrogen-bond acceptors (Lipinski definition) is 3. The highest BCUT2D eigenvalue weighted by molar-refractivity contribution is 7.89. The summed E-state index contributed by atoms with van der Waals surface area (Å²) in [5, 5.41) is 3.83.